The first-order chi connectivity index (χ1) is 4.75. The molecule has 0 bridgehead atoms. The molecule has 0 aliphatic heterocycles. The second-order valence-electron chi connectivity index (χ2n) is 2.19. The molecule has 0 aliphatic carbocycles. The average molecular weight is 135 g/mol. The van der Waals surface area contributed by atoms with E-state index < -0.39 is 0 Å². The highest BCUT2D eigenvalue weighted by Crippen LogP contribution is 2.05. The summed E-state index contributed by atoms with van der Waals surface area (Å²) in [6.07, 6.45) is 3.51. The number of nitrogens with zero attached hydrogens (tertiary/aromatic N) is 3. The molecule has 3 heteroatoms. The standard InChI is InChI=1S/C7H9N3/c1-6(5-8)10-4-3-9-7(10)2/h3-4,6H,1-2H3/t6-/m1/s1. The summed E-state index contributed by atoms with van der Waals surface area (Å²) < 4.78 is 1.83. The fraction of sp³-hybridized carbons (Fsp3) is 0.429. The van der Waals surface area contributed by atoms with E-state index in [1.165, 1.54) is 0 Å². The van der Waals surface area contributed by atoms with Crippen LogP contribution in [-0.4, -0.2) is 9.55 Å². The van der Waals surface area contributed by atoms with Crippen LogP contribution in [0.25, 0.3) is 0 Å². The number of hydrogen-bond donors (Lipinski definition) is 0. The summed E-state index contributed by atoms with van der Waals surface area (Å²) >= 11 is 0. The van der Waals surface area contributed by atoms with Gasteiger partial charge < -0.3 is 4.57 Å². The molecule has 0 aliphatic rings. The molecular formula is C7H9N3. The molecular weight excluding hydrogens is 126 g/mol. The maximum absolute atomic E-state index is 8.53. The average Bonchev–Trinajstić information content (AvgIpc) is 2.34. The Hall–Kier alpha value is -1.30. The summed E-state index contributed by atoms with van der Waals surface area (Å²) in [5.74, 6) is 0.883. The molecule has 1 atom stereocenters. The maximum Gasteiger partial charge on any atom is 0.119 e. The minimum atomic E-state index is -0.109. The quantitative estimate of drug-likeness (QED) is 0.582. The summed E-state index contributed by atoms with van der Waals surface area (Å²) in [5.41, 5.74) is 0. The predicted molar refractivity (Wildman–Crippen MR) is 37.3 cm³/mol. The van der Waals surface area contributed by atoms with E-state index >= 15 is 0 Å². The van der Waals surface area contributed by atoms with Crippen molar-refractivity contribution >= 4 is 0 Å². The molecule has 52 valence electrons. The highest BCUT2D eigenvalue weighted by Gasteiger charge is 2.02. The van der Waals surface area contributed by atoms with Crippen LogP contribution in [0.3, 0.4) is 0 Å². The lowest BCUT2D eigenvalue weighted by molar-refractivity contribution is 0.650. The second kappa shape index (κ2) is 2.53. The van der Waals surface area contributed by atoms with Crippen molar-refractivity contribution in [1.82, 2.24) is 9.55 Å². The van der Waals surface area contributed by atoms with Crippen LogP contribution in [-0.2, 0) is 0 Å². The van der Waals surface area contributed by atoms with Crippen LogP contribution in [0.2, 0.25) is 0 Å². The molecule has 0 amide bonds. The molecule has 1 rings (SSSR count). The number of nitriles is 1. The van der Waals surface area contributed by atoms with E-state index in [2.05, 4.69) is 11.1 Å². The van der Waals surface area contributed by atoms with Crippen LogP contribution < -0.4 is 0 Å². The fourth-order valence-corrected chi connectivity index (χ4v) is 0.859. The van der Waals surface area contributed by atoms with Crippen LogP contribution in [0.5, 0.6) is 0 Å². The number of imidazole rings is 1. The van der Waals surface area contributed by atoms with E-state index in [9.17, 15) is 0 Å². The van der Waals surface area contributed by atoms with E-state index in [-0.39, 0.29) is 6.04 Å². The summed E-state index contributed by atoms with van der Waals surface area (Å²) in [6, 6.07) is 2.02. The van der Waals surface area contributed by atoms with Crippen molar-refractivity contribution in [2.75, 3.05) is 0 Å². The number of hydrogen-bond acceptors (Lipinski definition) is 2. The van der Waals surface area contributed by atoms with Gasteiger partial charge in [-0.2, -0.15) is 5.26 Å². The zero-order valence-electron chi connectivity index (χ0n) is 6.07. The Balaban J connectivity index is 2.96. The zero-order valence-corrected chi connectivity index (χ0v) is 6.07. The molecule has 0 fully saturated rings. The summed E-state index contributed by atoms with van der Waals surface area (Å²) in [5, 5.41) is 8.53. The summed E-state index contributed by atoms with van der Waals surface area (Å²) in [4.78, 5) is 4.00. The largest absolute Gasteiger partial charge is 0.319 e. The summed E-state index contributed by atoms with van der Waals surface area (Å²) in [7, 11) is 0. The predicted octanol–water partition coefficient (Wildman–Crippen LogP) is 1.28. The number of rotatable bonds is 1. The Morgan fingerprint density at radius 3 is 2.90 bits per heavy atom. The van der Waals surface area contributed by atoms with E-state index in [1.807, 2.05) is 24.6 Å². The van der Waals surface area contributed by atoms with Gasteiger partial charge in [-0.3, -0.25) is 0 Å². The molecule has 1 heterocycles. The number of aryl methyl sites for hydroxylation is 1. The molecule has 0 N–H and O–H groups in total. The molecule has 1 aromatic rings. The van der Waals surface area contributed by atoms with Gasteiger partial charge in [0.15, 0.2) is 0 Å². The van der Waals surface area contributed by atoms with Gasteiger partial charge >= 0.3 is 0 Å². The van der Waals surface area contributed by atoms with Gasteiger partial charge in [0.05, 0.1) is 6.07 Å². The molecule has 10 heavy (non-hydrogen) atoms. The molecule has 0 spiro atoms. The van der Waals surface area contributed by atoms with E-state index in [1.54, 1.807) is 6.20 Å². The van der Waals surface area contributed by atoms with Gasteiger partial charge in [0.1, 0.15) is 11.9 Å². The normalized spacial score (nSPS) is 12.5. The van der Waals surface area contributed by atoms with Crippen molar-refractivity contribution in [3.63, 3.8) is 0 Å². The van der Waals surface area contributed by atoms with Crippen LogP contribution in [0.15, 0.2) is 12.4 Å². The lowest BCUT2D eigenvalue weighted by Gasteiger charge is -2.04. The zero-order chi connectivity index (χ0) is 7.56. The lowest BCUT2D eigenvalue weighted by Crippen LogP contribution is -2.02. The Kier molecular flexibility index (Phi) is 1.72. The summed E-state index contributed by atoms with van der Waals surface area (Å²) in [6.45, 7) is 3.72. The Morgan fingerprint density at radius 2 is 2.50 bits per heavy atom. The van der Waals surface area contributed by atoms with E-state index in [4.69, 9.17) is 5.26 Å². The first-order valence-electron chi connectivity index (χ1n) is 3.14. The minimum Gasteiger partial charge on any atom is -0.319 e. The first kappa shape index (κ1) is 6.81. The fourth-order valence-electron chi connectivity index (χ4n) is 0.859. The van der Waals surface area contributed by atoms with Gasteiger partial charge in [-0.25, -0.2) is 4.98 Å². The monoisotopic (exact) mass is 135 g/mol. The van der Waals surface area contributed by atoms with Crippen LogP contribution in [0, 0.1) is 18.3 Å². The highest BCUT2D eigenvalue weighted by molar-refractivity contribution is 4.97. The van der Waals surface area contributed by atoms with Crippen molar-refractivity contribution in [1.29, 1.82) is 5.26 Å². The molecule has 0 radical (unpaired) electrons. The van der Waals surface area contributed by atoms with Crippen LogP contribution in [0.1, 0.15) is 18.8 Å². The molecule has 0 saturated carbocycles. The van der Waals surface area contributed by atoms with Gasteiger partial charge in [0.2, 0.25) is 0 Å². The molecule has 0 unspecified atom stereocenters. The van der Waals surface area contributed by atoms with Crippen molar-refractivity contribution in [2.45, 2.75) is 19.9 Å². The maximum atomic E-state index is 8.53. The van der Waals surface area contributed by atoms with Crippen molar-refractivity contribution in [2.24, 2.45) is 0 Å². The Labute approximate surface area is 59.9 Å². The van der Waals surface area contributed by atoms with Crippen molar-refractivity contribution in [3.05, 3.63) is 18.2 Å². The molecule has 3 nitrogen and oxygen atoms in total. The SMILES string of the molecule is Cc1nccn1[C@H](C)C#N. The third kappa shape index (κ3) is 1.01. The molecule has 0 saturated heterocycles. The van der Waals surface area contributed by atoms with Crippen LogP contribution in [0.4, 0.5) is 0 Å². The van der Waals surface area contributed by atoms with E-state index in [0.29, 0.717) is 0 Å². The van der Waals surface area contributed by atoms with Gasteiger partial charge in [0.25, 0.3) is 0 Å². The molecule has 0 aromatic carbocycles. The number of aromatic nitrogens is 2. The Morgan fingerprint density at radius 1 is 1.80 bits per heavy atom. The smallest absolute Gasteiger partial charge is 0.119 e. The second-order valence-corrected chi connectivity index (χ2v) is 2.19. The van der Waals surface area contributed by atoms with Crippen molar-refractivity contribution < 1.29 is 0 Å². The molecule has 1 aromatic heterocycles. The third-order valence-corrected chi connectivity index (χ3v) is 1.47. The lowest BCUT2D eigenvalue weighted by atomic mass is 10.4. The van der Waals surface area contributed by atoms with Crippen molar-refractivity contribution in [3.8, 4) is 6.07 Å². The van der Waals surface area contributed by atoms with Gasteiger partial charge in [-0.05, 0) is 13.8 Å². The van der Waals surface area contributed by atoms with Gasteiger partial charge in [-0.15, -0.1) is 0 Å². The Bertz CT molecular complexity index is 256. The topological polar surface area (TPSA) is 41.6 Å². The minimum absolute atomic E-state index is 0.109. The van der Waals surface area contributed by atoms with Crippen LogP contribution >= 0.6 is 0 Å². The first-order valence-corrected chi connectivity index (χ1v) is 3.14. The third-order valence-electron chi connectivity index (χ3n) is 1.47. The highest BCUT2D eigenvalue weighted by atomic mass is 15.1. The van der Waals surface area contributed by atoms with Gasteiger partial charge in [-0.1, -0.05) is 0 Å². The van der Waals surface area contributed by atoms with Gasteiger partial charge in [0, 0.05) is 12.4 Å². The van der Waals surface area contributed by atoms with E-state index in [0.717, 1.165) is 5.82 Å².